The Labute approximate surface area is 210 Å². The molecular weight excluding hydrogens is 453 g/mol. The normalized spacial score (nSPS) is 19.2. The molecule has 0 saturated carbocycles. The Kier molecular flexibility index (Phi) is 4.23. The molecule has 0 N–H and O–H groups in total. The van der Waals surface area contributed by atoms with Gasteiger partial charge in [0, 0.05) is 0 Å². The van der Waals surface area contributed by atoms with Gasteiger partial charge >= 0.3 is 7.12 Å². The molecule has 178 valence electrons. The monoisotopic (exact) mass is 478 g/mol. The molecule has 0 bridgehead atoms. The minimum absolute atomic E-state index is 0.319. The van der Waals surface area contributed by atoms with Crippen molar-refractivity contribution in [1.82, 2.24) is 0 Å². The van der Waals surface area contributed by atoms with Crippen molar-refractivity contribution in [3.05, 3.63) is 113 Å². The molecule has 0 radical (unpaired) electrons. The quantitative estimate of drug-likeness (QED) is 0.248. The van der Waals surface area contributed by atoms with Crippen LogP contribution >= 0.6 is 0 Å². The lowest BCUT2D eigenvalue weighted by molar-refractivity contribution is 0.00578. The van der Waals surface area contributed by atoms with Crippen LogP contribution in [0.15, 0.2) is 78.9 Å². The second kappa shape index (κ2) is 6.93. The zero-order valence-electron chi connectivity index (χ0n) is 20.7. The van der Waals surface area contributed by atoms with Crippen molar-refractivity contribution in [2.45, 2.75) is 44.3 Å². The Morgan fingerprint density at radius 1 is 0.583 bits per heavy atom. The molecule has 0 atom stereocenters. The summed E-state index contributed by atoms with van der Waals surface area (Å²) in [5, 5.41) is 0. The number of hydrogen-bond donors (Lipinski definition) is 0. The summed E-state index contributed by atoms with van der Waals surface area (Å²) in [7, 11) is -0.620. The number of benzene rings is 4. The van der Waals surface area contributed by atoms with Gasteiger partial charge in [-0.15, -0.1) is 0 Å². The van der Waals surface area contributed by atoms with Gasteiger partial charge in [0.25, 0.3) is 0 Å². The van der Waals surface area contributed by atoms with Gasteiger partial charge in [0.2, 0.25) is 0 Å². The third-order valence-electron chi connectivity index (χ3n) is 8.66. The van der Waals surface area contributed by atoms with Crippen LogP contribution in [0.5, 0.6) is 0 Å². The van der Waals surface area contributed by atoms with Crippen molar-refractivity contribution in [3.63, 3.8) is 0 Å². The van der Waals surface area contributed by atoms with E-state index in [4.69, 9.17) is 9.31 Å². The Bertz CT molecular complexity index is 1520. The Morgan fingerprint density at radius 2 is 1.11 bits per heavy atom. The van der Waals surface area contributed by atoms with Gasteiger partial charge in [0.1, 0.15) is 11.6 Å². The van der Waals surface area contributed by atoms with E-state index in [0.717, 1.165) is 50.0 Å². The predicted octanol–water partition coefficient (Wildman–Crippen LogP) is 6.61. The Morgan fingerprint density at radius 3 is 1.72 bits per heavy atom. The summed E-state index contributed by atoms with van der Waals surface area (Å²) in [5.41, 5.74) is 6.48. The molecule has 1 aliphatic heterocycles. The van der Waals surface area contributed by atoms with Crippen LogP contribution in [0.2, 0.25) is 0 Å². The van der Waals surface area contributed by atoms with Gasteiger partial charge in [0.05, 0.1) is 16.6 Å². The lowest BCUT2D eigenvalue weighted by atomic mass is 9.63. The lowest BCUT2D eigenvalue weighted by Gasteiger charge is -2.32. The minimum atomic E-state index is -0.888. The average molecular weight is 478 g/mol. The molecule has 1 saturated heterocycles. The summed E-state index contributed by atoms with van der Waals surface area (Å²) in [6, 6.07) is 24.1. The van der Waals surface area contributed by atoms with E-state index in [1.54, 1.807) is 12.1 Å². The summed E-state index contributed by atoms with van der Waals surface area (Å²) in [6.45, 7) is 8.13. The van der Waals surface area contributed by atoms with E-state index in [9.17, 15) is 8.78 Å². The van der Waals surface area contributed by atoms with Crippen LogP contribution in [0.1, 0.15) is 49.9 Å². The van der Waals surface area contributed by atoms with E-state index >= 15 is 0 Å². The molecular formula is C31H25BF2O2. The van der Waals surface area contributed by atoms with E-state index in [-0.39, 0.29) is 11.6 Å². The van der Waals surface area contributed by atoms with Crippen LogP contribution in [0.25, 0.3) is 22.3 Å². The third-order valence-corrected chi connectivity index (χ3v) is 8.66. The summed E-state index contributed by atoms with van der Waals surface area (Å²) in [6.07, 6.45) is 0. The van der Waals surface area contributed by atoms with Crippen LogP contribution in [0, 0.1) is 11.6 Å². The fraction of sp³-hybridized carbons (Fsp3) is 0.226. The highest BCUT2D eigenvalue weighted by atomic mass is 19.1. The van der Waals surface area contributed by atoms with Gasteiger partial charge in [-0.2, -0.15) is 0 Å². The maximum absolute atomic E-state index is 14.9. The molecule has 0 amide bonds. The molecule has 0 unspecified atom stereocenters. The second-order valence-corrected chi connectivity index (χ2v) is 11.0. The molecule has 5 heteroatoms. The van der Waals surface area contributed by atoms with Crippen molar-refractivity contribution >= 4 is 12.6 Å². The summed E-state index contributed by atoms with van der Waals surface area (Å²) in [5.74, 6) is -0.638. The van der Waals surface area contributed by atoms with E-state index in [2.05, 4.69) is 18.2 Å². The third kappa shape index (κ3) is 2.57. The molecule has 1 spiro atoms. The molecule has 2 nitrogen and oxygen atoms in total. The maximum atomic E-state index is 14.9. The molecule has 0 aromatic heterocycles. The summed E-state index contributed by atoms with van der Waals surface area (Å²) >= 11 is 0. The van der Waals surface area contributed by atoms with Crippen LogP contribution in [-0.4, -0.2) is 18.3 Å². The first-order valence-corrected chi connectivity index (χ1v) is 12.3. The first-order chi connectivity index (χ1) is 17.1. The second-order valence-electron chi connectivity index (χ2n) is 11.0. The van der Waals surface area contributed by atoms with Gasteiger partial charge in [-0.25, -0.2) is 8.78 Å². The van der Waals surface area contributed by atoms with Gasteiger partial charge in [-0.1, -0.05) is 54.6 Å². The fourth-order valence-electron chi connectivity index (χ4n) is 6.39. The first-order valence-electron chi connectivity index (χ1n) is 12.3. The van der Waals surface area contributed by atoms with Gasteiger partial charge < -0.3 is 9.31 Å². The van der Waals surface area contributed by atoms with Crippen molar-refractivity contribution in [2.24, 2.45) is 0 Å². The number of hydrogen-bond acceptors (Lipinski definition) is 2. The Balaban J connectivity index is 1.63. The molecule has 2 aliphatic carbocycles. The van der Waals surface area contributed by atoms with Crippen molar-refractivity contribution in [1.29, 1.82) is 0 Å². The number of rotatable bonds is 1. The van der Waals surface area contributed by atoms with Gasteiger partial charge in [-0.3, -0.25) is 0 Å². The lowest BCUT2D eigenvalue weighted by Crippen LogP contribution is -2.42. The smallest absolute Gasteiger partial charge is 0.399 e. The van der Waals surface area contributed by atoms with Crippen molar-refractivity contribution in [3.8, 4) is 22.3 Å². The molecule has 7 rings (SSSR count). The number of fused-ring (bicyclic) bond motifs is 10. The topological polar surface area (TPSA) is 18.5 Å². The summed E-state index contributed by atoms with van der Waals surface area (Å²) < 4.78 is 42.9. The average Bonchev–Trinajstić information content (AvgIpc) is 3.38. The van der Waals surface area contributed by atoms with Crippen LogP contribution in [-0.2, 0) is 14.7 Å². The number of halogens is 2. The van der Waals surface area contributed by atoms with Crippen LogP contribution < -0.4 is 5.46 Å². The van der Waals surface area contributed by atoms with Crippen molar-refractivity contribution < 1.29 is 18.1 Å². The predicted molar refractivity (Wildman–Crippen MR) is 138 cm³/mol. The molecule has 36 heavy (non-hydrogen) atoms. The highest BCUT2D eigenvalue weighted by Crippen LogP contribution is 2.62. The minimum Gasteiger partial charge on any atom is -0.399 e. The zero-order chi connectivity index (χ0) is 25.0. The van der Waals surface area contributed by atoms with E-state index in [0.29, 0.717) is 0 Å². The standard InChI is InChI=1S/C31H25BF2O2/c1-29(2)30(3,4)36-32(35-29)27-11-7-9-23-20-8-5-6-10-24(20)31(28(23)27)25-16-18(33)12-14-21(25)22-15-13-19(34)17-26(22)31/h5-17H,1-4H3. The Hall–Kier alpha value is -3.28. The van der Waals surface area contributed by atoms with E-state index < -0.39 is 23.7 Å². The van der Waals surface area contributed by atoms with Crippen LogP contribution in [0.4, 0.5) is 8.78 Å². The molecule has 1 heterocycles. The van der Waals surface area contributed by atoms with Gasteiger partial charge in [0.15, 0.2) is 0 Å². The molecule has 1 fully saturated rings. The van der Waals surface area contributed by atoms with E-state index in [1.165, 1.54) is 12.1 Å². The summed E-state index contributed by atoms with van der Waals surface area (Å²) in [4.78, 5) is 0. The van der Waals surface area contributed by atoms with E-state index in [1.807, 2.05) is 64.1 Å². The van der Waals surface area contributed by atoms with Crippen molar-refractivity contribution in [2.75, 3.05) is 0 Å². The zero-order valence-corrected chi connectivity index (χ0v) is 20.7. The highest BCUT2D eigenvalue weighted by Gasteiger charge is 2.57. The maximum Gasteiger partial charge on any atom is 0.495 e. The SMILES string of the molecule is CC1(C)OB(c2cccc3c2C2(c4cc(F)ccc4-c4ccc(F)cc42)c2ccccc2-3)OC1(C)C. The molecule has 3 aliphatic rings. The van der Waals surface area contributed by atoms with Crippen LogP contribution in [0.3, 0.4) is 0 Å². The molecule has 4 aromatic rings. The van der Waals surface area contributed by atoms with Gasteiger partial charge in [-0.05, 0) is 102 Å². The largest absolute Gasteiger partial charge is 0.495 e. The fourth-order valence-corrected chi connectivity index (χ4v) is 6.39. The highest BCUT2D eigenvalue weighted by molar-refractivity contribution is 6.63. The first kappa shape index (κ1) is 22.0. The molecule has 4 aromatic carbocycles.